The quantitative estimate of drug-likeness (QED) is 0.902. The summed E-state index contributed by atoms with van der Waals surface area (Å²) in [5.41, 5.74) is 4.60. The van der Waals surface area contributed by atoms with Gasteiger partial charge in [-0.3, -0.25) is 4.79 Å². The van der Waals surface area contributed by atoms with Gasteiger partial charge in [-0.15, -0.1) is 0 Å². The van der Waals surface area contributed by atoms with E-state index in [2.05, 4.69) is 5.32 Å². The number of carbonyl (C=O) groups excluding carboxylic acids is 1. The standard InChI is InChI=1S/C14H17F3N2O2/c1-8-11(4-5-21-8)13(20)19-10-3-2-9(7-18)12(6-10)14(15,16)17/h2-3,6,8,11H,4-5,7,18H2,1H3,(H,19,20). The Morgan fingerprint density at radius 1 is 1.48 bits per heavy atom. The lowest BCUT2D eigenvalue weighted by atomic mass is 10.0. The van der Waals surface area contributed by atoms with Crippen LogP contribution in [0.4, 0.5) is 18.9 Å². The van der Waals surface area contributed by atoms with E-state index in [1.54, 1.807) is 6.92 Å². The summed E-state index contributed by atoms with van der Waals surface area (Å²) >= 11 is 0. The molecule has 0 aliphatic carbocycles. The number of nitrogens with one attached hydrogen (secondary N) is 1. The molecule has 7 heteroatoms. The van der Waals surface area contributed by atoms with Gasteiger partial charge >= 0.3 is 6.18 Å². The Labute approximate surface area is 120 Å². The van der Waals surface area contributed by atoms with Crippen LogP contribution in [0.3, 0.4) is 0 Å². The second kappa shape index (κ2) is 6.03. The van der Waals surface area contributed by atoms with E-state index in [0.717, 1.165) is 6.07 Å². The summed E-state index contributed by atoms with van der Waals surface area (Å²) in [4.78, 5) is 12.0. The van der Waals surface area contributed by atoms with E-state index < -0.39 is 11.7 Å². The fourth-order valence-electron chi connectivity index (χ4n) is 2.41. The Bertz CT molecular complexity index is 531. The first-order chi connectivity index (χ1) is 9.82. The van der Waals surface area contributed by atoms with Crippen molar-refractivity contribution in [2.45, 2.75) is 32.2 Å². The Kier molecular flexibility index (Phi) is 4.53. The van der Waals surface area contributed by atoms with Gasteiger partial charge in [-0.2, -0.15) is 13.2 Å². The van der Waals surface area contributed by atoms with E-state index in [-0.39, 0.29) is 35.7 Å². The molecule has 0 radical (unpaired) electrons. The van der Waals surface area contributed by atoms with Crippen molar-refractivity contribution in [2.75, 3.05) is 11.9 Å². The summed E-state index contributed by atoms with van der Waals surface area (Å²) in [6, 6.07) is 3.63. The molecular formula is C14H17F3N2O2. The molecule has 116 valence electrons. The average Bonchev–Trinajstić information content (AvgIpc) is 2.84. The summed E-state index contributed by atoms with van der Waals surface area (Å²) in [6.45, 7) is 2.05. The molecule has 0 spiro atoms. The van der Waals surface area contributed by atoms with Crippen LogP contribution in [0.5, 0.6) is 0 Å². The number of rotatable bonds is 3. The van der Waals surface area contributed by atoms with Crippen LogP contribution in [0.15, 0.2) is 18.2 Å². The molecule has 1 aromatic carbocycles. The summed E-state index contributed by atoms with van der Waals surface area (Å²) in [5.74, 6) is -0.665. The van der Waals surface area contributed by atoms with Crippen LogP contribution in [0.1, 0.15) is 24.5 Å². The van der Waals surface area contributed by atoms with Gasteiger partial charge in [0.1, 0.15) is 0 Å². The van der Waals surface area contributed by atoms with Crippen LogP contribution in [-0.4, -0.2) is 18.6 Å². The van der Waals surface area contributed by atoms with Crippen molar-refractivity contribution >= 4 is 11.6 Å². The molecule has 0 bridgehead atoms. The Balaban J connectivity index is 2.19. The van der Waals surface area contributed by atoms with Crippen molar-refractivity contribution in [3.05, 3.63) is 29.3 Å². The maximum Gasteiger partial charge on any atom is 0.416 e. The van der Waals surface area contributed by atoms with Crippen molar-refractivity contribution in [3.8, 4) is 0 Å². The minimum atomic E-state index is -4.50. The van der Waals surface area contributed by atoms with Gasteiger partial charge in [0, 0.05) is 18.8 Å². The van der Waals surface area contributed by atoms with Crippen LogP contribution >= 0.6 is 0 Å². The molecule has 2 atom stereocenters. The molecule has 1 aliphatic rings. The predicted octanol–water partition coefficient (Wildman–Crippen LogP) is 2.53. The van der Waals surface area contributed by atoms with Crippen LogP contribution < -0.4 is 11.1 Å². The van der Waals surface area contributed by atoms with Gasteiger partial charge in [0.2, 0.25) is 5.91 Å². The molecule has 2 rings (SSSR count). The highest BCUT2D eigenvalue weighted by molar-refractivity contribution is 5.93. The van der Waals surface area contributed by atoms with Crippen molar-refractivity contribution < 1.29 is 22.7 Å². The van der Waals surface area contributed by atoms with Crippen LogP contribution in [0.2, 0.25) is 0 Å². The number of halogens is 3. The molecule has 1 aliphatic heterocycles. The second-order valence-corrected chi connectivity index (χ2v) is 5.03. The van der Waals surface area contributed by atoms with Crippen LogP contribution in [0, 0.1) is 5.92 Å². The lowest BCUT2D eigenvalue weighted by Gasteiger charge is -2.17. The number of anilines is 1. The number of alkyl halides is 3. The van der Waals surface area contributed by atoms with Gasteiger partial charge in [-0.05, 0) is 31.0 Å². The SMILES string of the molecule is CC1OCCC1C(=O)Nc1ccc(CN)c(C(F)(F)F)c1. The normalized spacial score (nSPS) is 22.3. The minimum absolute atomic E-state index is 0.00179. The van der Waals surface area contributed by atoms with E-state index >= 15 is 0 Å². The van der Waals surface area contributed by atoms with Crippen molar-refractivity contribution in [3.63, 3.8) is 0 Å². The highest BCUT2D eigenvalue weighted by Gasteiger charge is 2.34. The first-order valence-corrected chi connectivity index (χ1v) is 6.65. The lowest BCUT2D eigenvalue weighted by molar-refractivity contribution is -0.138. The first-order valence-electron chi connectivity index (χ1n) is 6.65. The fraction of sp³-hybridized carbons (Fsp3) is 0.500. The number of hydrogen-bond donors (Lipinski definition) is 2. The van der Waals surface area contributed by atoms with Gasteiger partial charge in [0.05, 0.1) is 17.6 Å². The third kappa shape index (κ3) is 3.54. The first kappa shape index (κ1) is 15.8. The fourth-order valence-corrected chi connectivity index (χ4v) is 2.41. The zero-order chi connectivity index (χ0) is 15.6. The molecular weight excluding hydrogens is 285 g/mol. The molecule has 21 heavy (non-hydrogen) atoms. The highest BCUT2D eigenvalue weighted by Crippen LogP contribution is 2.34. The third-order valence-corrected chi connectivity index (χ3v) is 3.62. The topological polar surface area (TPSA) is 64.3 Å². The van der Waals surface area contributed by atoms with E-state index in [1.807, 2.05) is 0 Å². The molecule has 1 saturated heterocycles. The van der Waals surface area contributed by atoms with Crippen molar-refractivity contribution in [2.24, 2.45) is 11.7 Å². The molecule has 0 aromatic heterocycles. The monoisotopic (exact) mass is 302 g/mol. The Morgan fingerprint density at radius 2 is 2.19 bits per heavy atom. The predicted molar refractivity (Wildman–Crippen MR) is 71.5 cm³/mol. The van der Waals surface area contributed by atoms with E-state index in [0.29, 0.717) is 13.0 Å². The second-order valence-electron chi connectivity index (χ2n) is 5.03. The Hall–Kier alpha value is -1.60. The molecule has 4 nitrogen and oxygen atoms in total. The number of amides is 1. The molecule has 1 heterocycles. The maximum atomic E-state index is 12.9. The lowest BCUT2D eigenvalue weighted by Crippen LogP contribution is -2.28. The van der Waals surface area contributed by atoms with Gasteiger partial charge in [-0.1, -0.05) is 6.07 Å². The van der Waals surface area contributed by atoms with Gasteiger partial charge < -0.3 is 15.8 Å². The number of nitrogens with two attached hydrogens (primary N) is 1. The largest absolute Gasteiger partial charge is 0.416 e. The van der Waals surface area contributed by atoms with E-state index in [4.69, 9.17) is 10.5 Å². The van der Waals surface area contributed by atoms with Gasteiger partial charge in [0.15, 0.2) is 0 Å². The van der Waals surface area contributed by atoms with Crippen LogP contribution in [-0.2, 0) is 22.3 Å². The molecule has 2 unspecified atom stereocenters. The number of carbonyl (C=O) groups is 1. The maximum absolute atomic E-state index is 12.9. The zero-order valence-corrected chi connectivity index (χ0v) is 11.5. The number of hydrogen-bond acceptors (Lipinski definition) is 3. The zero-order valence-electron chi connectivity index (χ0n) is 11.5. The summed E-state index contributed by atoms with van der Waals surface area (Å²) in [5, 5.41) is 2.52. The molecule has 1 amide bonds. The third-order valence-electron chi connectivity index (χ3n) is 3.62. The van der Waals surface area contributed by atoms with Gasteiger partial charge in [0.25, 0.3) is 0 Å². The molecule has 3 N–H and O–H groups in total. The van der Waals surface area contributed by atoms with Crippen molar-refractivity contribution in [1.29, 1.82) is 0 Å². The average molecular weight is 302 g/mol. The minimum Gasteiger partial charge on any atom is -0.378 e. The molecule has 0 saturated carbocycles. The van der Waals surface area contributed by atoms with Crippen molar-refractivity contribution in [1.82, 2.24) is 0 Å². The molecule has 1 fully saturated rings. The number of benzene rings is 1. The summed E-state index contributed by atoms with van der Waals surface area (Å²) < 4.78 is 44.1. The highest BCUT2D eigenvalue weighted by atomic mass is 19.4. The Morgan fingerprint density at radius 3 is 2.71 bits per heavy atom. The van der Waals surface area contributed by atoms with Crippen LogP contribution in [0.25, 0.3) is 0 Å². The smallest absolute Gasteiger partial charge is 0.378 e. The summed E-state index contributed by atoms with van der Waals surface area (Å²) in [6.07, 6.45) is -4.16. The van der Waals surface area contributed by atoms with Gasteiger partial charge in [-0.25, -0.2) is 0 Å². The van der Waals surface area contributed by atoms with E-state index in [9.17, 15) is 18.0 Å². The van der Waals surface area contributed by atoms with E-state index in [1.165, 1.54) is 12.1 Å². The summed E-state index contributed by atoms with van der Waals surface area (Å²) in [7, 11) is 0. The number of ether oxygens (including phenoxy) is 1. The molecule has 1 aromatic rings.